The van der Waals surface area contributed by atoms with Gasteiger partial charge in [-0.25, -0.2) is 17.2 Å². The zero-order valence-corrected chi connectivity index (χ0v) is 22.0. The van der Waals surface area contributed by atoms with Crippen LogP contribution in [0.3, 0.4) is 0 Å². The third kappa shape index (κ3) is 7.78. The summed E-state index contributed by atoms with van der Waals surface area (Å²) in [5, 5.41) is 3.42. The lowest BCUT2D eigenvalue weighted by Gasteiger charge is -2.32. The number of nitrogens with one attached hydrogen (secondary N) is 1. The second kappa shape index (κ2) is 12.0. The van der Waals surface area contributed by atoms with E-state index in [-0.39, 0.29) is 23.3 Å². The van der Waals surface area contributed by atoms with Crippen molar-refractivity contribution in [1.29, 1.82) is 0 Å². The Morgan fingerprint density at radius 1 is 1.06 bits per heavy atom. The third-order valence-electron chi connectivity index (χ3n) is 5.39. The van der Waals surface area contributed by atoms with Crippen molar-refractivity contribution in [3.63, 3.8) is 0 Å². The van der Waals surface area contributed by atoms with Crippen LogP contribution >= 0.6 is 23.2 Å². The molecule has 2 amide bonds. The summed E-state index contributed by atoms with van der Waals surface area (Å²) in [6.07, 6.45) is 1.49. The molecule has 2 atom stereocenters. The minimum absolute atomic E-state index is 0.126. The van der Waals surface area contributed by atoms with E-state index >= 15 is 0 Å². The molecule has 192 valence electrons. The molecule has 2 rings (SSSR count). The van der Waals surface area contributed by atoms with Gasteiger partial charge in [0, 0.05) is 28.7 Å². The number of carbonyl (C=O) groups is 2. The van der Waals surface area contributed by atoms with Gasteiger partial charge in [0.15, 0.2) is 11.6 Å². The molecule has 7 nitrogen and oxygen atoms in total. The number of anilines is 1. The maximum Gasteiger partial charge on any atom is 0.244 e. The molecule has 0 saturated carbocycles. The number of benzene rings is 2. The van der Waals surface area contributed by atoms with E-state index in [1.54, 1.807) is 19.1 Å². The lowest BCUT2D eigenvalue weighted by atomic mass is 10.1. The summed E-state index contributed by atoms with van der Waals surface area (Å²) in [4.78, 5) is 27.4. The molecule has 0 spiro atoms. The van der Waals surface area contributed by atoms with Gasteiger partial charge < -0.3 is 10.2 Å². The highest BCUT2D eigenvalue weighted by Gasteiger charge is 2.31. The molecular formula is C23H27Cl2F2N3O4S. The van der Waals surface area contributed by atoms with Crippen molar-refractivity contribution in [2.75, 3.05) is 17.1 Å². The number of sulfonamides is 1. The number of hydrogen-bond acceptors (Lipinski definition) is 4. The molecule has 0 heterocycles. The topological polar surface area (TPSA) is 86.8 Å². The number of halogens is 4. The van der Waals surface area contributed by atoms with Crippen molar-refractivity contribution in [3.8, 4) is 0 Å². The molecule has 2 aromatic carbocycles. The van der Waals surface area contributed by atoms with Crippen molar-refractivity contribution in [2.24, 2.45) is 0 Å². The first kappa shape index (κ1) is 28.8. The zero-order chi connectivity index (χ0) is 26.5. The molecule has 1 N–H and O–H groups in total. The van der Waals surface area contributed by atoms with Gasteiger partial charge in [0.25, 0.3) is 0 Å². The van der Waals surface area contributed by atoms with Crippen molar-refractivity contribution < 1.29 is 26.8 Å². The largest absolute Gasteiger partial charge is 0.352 e. The molecule has 0 radical (unpaired) electrons. The van der Waals surface area contributed by atoms with E-state index in [0.29, 0.717) is 27.4 Å². The fourth-order valence-corrected chi connectivity index (χ4v) is 4.45. The Bertz CT molecular complexity index is 1200. The van der Waals surface area contributed by atoms with E-state index in [2.05, 4.69) is 5.32 Å². The van der Waals surface area contributed by atoms with Crippen LogP contribution in [0.1, 0.15) is 32.8 Å². The lowest BCUT2D eigenvalue weighted by molar-refractivity contribution is -0.139. The fourth-order valence-electron chi connectivity index (χ4n) is 3.14. The molecule has 0 unspecified atom stereocenters. The van der Waals surface area contributed by atoms with Crippen molar-refractivity contribution >= 4 is 50.7 Å². The average Bonchev–Trinajstić information content (AvgIpc) is 2.77. The van der Waals surface area contributed by atoms with Crippen LogP contribution in [0.15, 0.2) is 36.4 Å². The maximum atomic E-state index is 13.8. The van der Waals surface area contributed by atoms with Crippen molar-refractivity contribution in [2.45, 2.75) is 45.8 Å². The van der Waals surface area contributed by atoms with E-state index in [1.807, 2.05) is 6.92 Å². The number of amides is 2. The highest BCUT2D eigenvalue weighted by Crippen LogP contribution is 2.25. The first-order valence-corrected chi connectivity index (χ1v) is 13.3. The number of nitrogens with zero attached hydrogens (tertiary/aromatic N) is 2. The summed E-state index contributed by atoms with van der Waals surface area (Å²) in [5.74, 6) is -3.63. The molecule has 0 fully saturated rings. The van der Waals surface area contributed by atoms with Crippen LogP contribution in [0.2, 0.25) is 10.0 Å². The molecule has 35 heavy (non-hydrogen) atoms. The molecule has 2 aromatic rings. The summed E-state index contributed by atoms with van der Waals surface area (Å²) in [6.45, 7) is 4.32. The predicted molar refractivity (Wildman–Crippen MR) is 133 cm³/mol. The normalized spacial score (nSPS) is 13.1. The van der Waals surface area contributed by atoms with Crippen LogP contribution in [0.4, 0.5) is 14.5 Å². The van der Waals surface area contributed by atoms with Gasteiger partial charge in [0.05, 0.1) is 11.9 Å². The van der Waals surface area contributed by atoms with Crippen LogP contribution in [0.5, 0.6) is 0 Å². The Morgan fingerprint density at radius 2 is 1.71 bits per heavy atom. The summed E-state index contributed by atoms with van der Waals surface area (Å²) in [6, 6.07) is 5.98. The van der Waals surface area contributed by atoms with Crippen LogP contribution in [0, 0.1) is 11.6 Å². The number of hydrogen-bond donors (Lipinski definition) is 1. The first-order valence-electron chi connectivity index (χ1n) is 10.7. The molecular weight excluding hydrogens is 523 g/mol. The van der Waals surface area contributed by atoms with Gasteiger partial charge in [0.1, 0.15) is 12.6 Å². The molecule has 0 saturated heterocycles. The van der Waals surface area contributed by atoms with Gasteiger partial charge in [-0.05, 0) is 50.1 Å². The standard InChI is InChI=1S/C23H27Cl2F2N3O4S/c1-5-14(2)28-23(32)15(3)29(12-16-6-7-17(24)10-19(16)25)22(31)13-30(35(4,33)34)18-8-9-20(26)21(27)11-18/h6-11,14-15H,5,12-13H2,1-4H3,(H,28,32)/t14-,15-/m1/s1. The first-order chi connectivity index (χ1) is 16.2. The van der Waals surface area contributed by atoms with E-state index in [1.165, 1.54) is 17.9 Å². The Morgan fingerprint density at radius 3 is 2.26 bits per heavy atom. The van der Waals surface area contributed by atoms with Gasteiger partial charge in [-0.1, -0.05) is 36.2 Å². The summed E-state index contributed by atoms with van der Waals surface area (Å²) >= 11 is 12.2. The Balaban J connectivity index is 2.44. The summed E-state index contributed by atoms with van der Waals surface area (Å²) in [7, 11) is -4.08. The SMILES string of the molecule is CC[C@@H](C)NC(=O)[C@@H](C)N(Cc1ccc(Cl)cc1Cl)C(=O)CN(c1ccc(F)c(F)c1)S(C)(=O)=O. The lowest BCUT2D eigenvalue weighted by Crippen LogP contribution is -2.52. The van der Waals surface area contributed by atoms with Crippen LogP contribution in [-0.2, 0) is 26.2 Å². The second-order valence-corrected chi connectivity index (χ2v) is 10.9. The Labute approximate surface area is 214 Å². The fraction of sp³-hybridized carbons (Fsp3) is 0.391. The van der Waals surface area contributed by atoms with Crippen LogP contribution < -0.4 is 9.62 Å². The highest BCUT2D eigenvalue weighted by atomic mass is 35.5. The van der Waals surface area contributed by atoms with Gasteiger partial charge in [-0.15, -0.1) is 0 Å². The van der Waals surface area contributed by atoms with E-state index in [9.17, 15) is 26.8 Å². The molecule has 0 aromatic heterocycles. The molecule has 0 aliphatic rings. The Kier molecular flexibility index (Phi) is 9.88. The third-order valence-corrected chi connectivity index (χ3v) is 7.12. The molecule has 0 aliphatic heterocycles. The van der Waals surface area contributed by atoms with E-state index < -0.39 is 46.1 Å². The molecule has 12 heteroatoms. The van der Waals surface area contributed by atoms with Gasteiger partial charge >= 0.3 is 0 Å². The summed E-state index contributed by atoms with van der Waals surface area (Å²) < 4.78 is 52.8. The number of carbonyl (C=O) groups excluding carboxylic acids is 2. The van der Waals surface area contributed by atoms with E-state index in [4.69, 9.17) is 23.2 Å². The van der Waals surface area contributed by atoms with E-state index in [0.717, 1.165) is 18.4 Å². The average molecular weight is 550 g/mol. The molecule has 0 aliphatic carbocycles. The quantitative estimate of drug-likeness (QED) is 0.476. The van der Waals surface area contributed by atoms with Crippen molar-refractivity contribution in [1.82, 2.24) is 10.2 Å². The highest BCUT2D eigenvalue weighted by molar-refractivity contribution is 7.92. The van der Waals surface area contributed by atoms with Gasteiger partial charge in [-0.3, -0.25) is 13.9 Å². The van der Waals surface area contributed by atoms with Gasteiger partial charge in [-0.2, -0.15) is 0 Å². The van der Waals surface area contributed by atoms with Crippen LogP contribution in [0.25, 0.3) is 0 Å². The smallest absolute Gasteiger partial charge is 0.244 e. The minimum Gasteiger partial charge on any atom is -0.352 e. The summed E-state index contributed by atoms with van der Waals surface area (Å²) in [5.41, 5.74) is 0.243. The second-order valence-electron chi connectivity index (χ2n) is 8.12. The number of rotatable bonds is 10. The monoisotopic (exact) mass is 549 g/mol. The Hall–Kier alpha value is -2.43. The predicted octanol–water partition coefficient (Wildman–Crippen LogP) is 4.37. The van der Waals surface area contributed by atoms with Gasteiger partial charge in [0.2, 0.25) is 21.8 Å². The maximum absolute atomic E-state index is 13.8. The van der Waals surface area contributed by atoms with Crippen LogP contribution in [-0.4, -0.2) is 50.0 Å². The van der Waals surface area contributed by atoms with Crippen molar-refractivity contribution in [3.05, 3.63) is 63.6 Å². The zero-order valence-electron chi connectivity index (χ0n) is 19.7. The minimum atomic E-state index is -4.08. The molecule has 0 bridgehead atoms.